The van der Waals surface area contributed by atoms with Crippen molar-refractivity contribution < 1.29 is 14.4 Å². The van der Waals surface area contributed by atoms with E-state index in [0.29, 0.717) is 32.6 Å². The van der Waals surface area contributed by atoms with Gasteiger partial charge in [0, 0.05) is 59.0 Å². The Labute approximate surface area is 159 Å². The molecule has 0 aliphatic heterocycles. The third kappa shape index (κ3) is 9.20. The first kappa shape index (κ1) is 24.4. The molecule has 0 saturated carbocycles. The van der Waals surface area contributed by atoms with Gasteiger partial charge in [0.15, 0.2) is 0 Å². The zero-order valence-electron chi connectivity index (χ0n) is 17.7. The van der Waals surface area contributed by atoms with Crippen molar-refractivity contribution in [2.45, 2.75) is 66.7 Å². The Morgan fingerprint density at radius 3 is 1.85 bits per heavy atom. The van der Waals surface area contributed by atoms with Gasteiger partial charge in [0.1, 0.15) is 0 Å². The molecule has 0 aromatic rings. The van der Waals surface area contributed by atoms with Crippen LogP contribution in [0.4, 0.5) is 0 Å². The van der Waals surface area contributed by atoms with Gasteiger partial charge >= 0.3 is 0 Å². The van der Waals surface area contributed by atoms with E-state index in [1.54, 1.807) is 11.8 Å². The van der Waals surface area contributed by atoms with E-state index >= 15 is 0 Å². The molecule has 0 saturated heterocycles. The fraction of sp³-hybridized carbons (Fsp3) is 0.850. The van der Waals surface area contributed by atoms with Gasteiger partial charge in [-0.1, -0.05) is 27.7 Å². The molecular weight excluding hydrogens is 330 g/mol. The standard InChI is InChI=1S/C20H39N3O3/c1-7-12-23(19(25)9-3)16-11-15-22(18(5)24)14-10-13-21(6)20(26)17(4)8-2/h17H,7-16H2,1-6H3. The highest BCUT2D eigenvalue weighted by Gasteiger charge is 2.16. The summed E-state index contributed by atoms with van der Waals surface area (Å²) in [5, 5.41) is 0. The van der Waals surface area contributed by atoms with Gasteiger partial charge in [-0.3, -0.25) is 14.4 Å². The fourth-order valence-electron chi connectivity index (χ4n) is 2.89. The zero-order valence-corrected chi connectivity index (χ0v) is 17.7. The molecule has 1 atom stereocenters. The van der Waals surface area contributed by atoms with Crippen molar-refractivity contribution in [2.24, 2.45) is 5.92 Å². The van der Waals surface area contributed by atoms with Crippen LogP contribution in [-0.2, 0) is 14.4 Å². The monoisotopic (exact) mass is 369 g/mol. The molecule has 152 valence electrons. The lowest BCUT2D eigenvalue weighted by Gasteiger charge is -2.26. The van der Waals surface area contributed by atoms with Gasteiger partial charge in [0.2, 0.25) is 17.7 Å². The smallest absolute Gasteiger partial charge is 0.225 e. The van der Waals surface area contributed by atoms with Crippen LogP contribution in [0.2, 0.25) is 0 Å². The summed E-state index contributed by atoms with van der Waals surface area (Å²) < 4.78 is 0. The van der Waals surface area contributed by atoms with Crippen LogP contribution in [0.15, 0.2) is 0 Å². The fourth-order valence-corrected chi connectivity index (χ4v) is 2.89. The van der Waals surface area contributed by atoms with Crippen molar-refractivity contribution in [2.75, 3.05) is 39.8 Å². The summed E-state index contributed by atoms with van der Waals surface area (Å²) in [5.74, 6) is 0.427. The Bertz CT molecular complexity index is 440. The largest absolute Gasteiger partial charge is 0.345 e. The minimum atomic E-state index is 0.0459. The van der Waals surface area contributed by atoms with E-state index in [-0.39, 0.29) is 23.6 Å². The van der Waals surface area contributed by atoms with Gasteiger partial charge in [-0.15, -0.1) is 0 Å². The first-order chi connectivity index (χ1) is 12.3. The molecular formula is C20H39N3O3. The Kier molecular flexibility index (Phi) is 12.8. The third-order valence-corrected chi connectivity index (χ3v) is 4.78. The summed E-state index contributed by atoms with van der Waals surface area (Å²) in [5.41, 5.74) is 0. The van der Waals surface area contributed by atoms with E-state index in [1.165, 1.54) is 0 Å². The maximum Gasteiger partial charge on any atom is 0.225 e. The van der Waals surface area contributed by atoms with Crippen LogP contribution >= 0.6 is 0 Å². The van der Waals surface area contributed by atoms with E-state index < -0.39 is 0 Å². The molecule has 0 fully saturated rings. The number of nitrogens with zero attached hydrogens (tertiary/aromatic N) is 3. The van der Waals surface area contributed by atoms with E-state index in [9.17, 15) is 14.4 Å². The van der Waals surface area contributed by atoms with Crippen molar-refractivity contribution in [1.29, 1.82) is 0 Å². The quantitative estimate of drug-likeness (QED) is 0.501. The maximum absolute atomic E-state index is 12.1. The van der Waals surface area contributed by atoms with Crippen LogP contribution in [0.1, 0.15) is 66.7 Å². The highest BCUT2D eigenvalue weighted by molar-refractivity contribution is 5.78. The molecule has 6 nitrogen and oxygen atoms in total. The average molecular weight is 370 g/mol. The Morgan fingerprint density at radius 2 is 1.38 bits per heavy atom. The minimum Gasteiger partial charge on any atom is -0.345 e. The second kappa shape index (κ2) is 13.6. The van der Waals surface area contributed by atoms with Crippen molar-refractivity contribution in [3.8, 4) is 0 Å². The van der Waals surface area contributed by atoms with E-state index in [4.69, 9.17) is 0 Å². The average Bonchev–Trinajstić information content (AvgIpc) is 2.63. The van der Waals surface area contributed by atoms with Gasteiger partial charge in [0.25, 0.3) is 0 Å². The third-order valence-electron chi connectivity index (χ3n) is 4.78. The summed E-state index contributed by atoms with van der Waals surface area (Å²) in [6, 6.07) is 0. The molecule has 26 heavy (non-hydrogen) atoms. The number of carbonyl (C=O) groups is 3. The topological polar surface area (TPSA) is 60.9 Å². The molecule has 0 N–H and O–H groups in total. The molecule has 0 aliphatic carbocycles. The van der Waals surface area contributed by atoms with Crippen molar-refractivity contribution in [1.82, 2.24) is 14.7 Å². The molecule has 0 spiro atoms. The SMILES string of the molecule is CCCN(CCCN(CCCN(C)C(=O)C(C)CC)C(C)=O)C(=O)CC. The summed E-state index contributed by atoms with van der Waals surface area (Å²) in [7, 11) is 1.82. The van der Waals surface area contributed by atoms with Gasteiger partial charge < -0.3 is 14.7 Å². The Balaban J connectivity index is 4.35. The van der Waals surface area contributed by atoms with E-state index in [2.05, 4.69) is 6.92 Å². The summed E-state index contributed by atoms with van der Waals surface area (Å²) in [6.45, 7) is 12.9. The number of hydrogen-bond acceptors (Lipinski definition) is 3. The summed E-state index contributed by atoms with van der Waals surface area (Å²) >= 11 is 0. The van der Waals surface area contributed by atoms with E-state index in [1.807, 2.05) is 37.6 Å². The van der Waals surface area contributed by atoms with Crippen LogP contribution < -0.4 is 0 Å². The van der Waals surface area contributed by atoms with Gasteiger partial charge in [0.05, 0.1) is 0 Å². The number of carbonyl (C=O) groups excluding carboxylic acids is 3. The highest BCUT2D eigenvalue weighted by Crippen LogP contribution is 2.06. The molecule has 0 heterocycles. The molecule has 0 radical (unpaired) electrons. The molecule has 0 aromatic heterocycles. The minimum absolute atomic E-state index is 0.0459. The van der Waals surface area contributed by atoms with Crippen LogP contribution in [0, 0.1) is 5.92 Å². The van der Waals surface area contributed by atoms with Crippen molar-refractivity contribution >= 4 is 17.7 Å². The van der Waals surface area contributed by atoms with Gasteiger partial charge in [-0.2, -0.15) is 0 Å². The predicted octanol–water partition coefficient (Wildman–Crippen LogP) is 2.77. The molecule has 0 rings (SSSR count). The summed E-state index contributed by atoms with van der Waals surface area (Å²) in [4.78, 5) is 41.3. The first-order valence-electron chi connectivity index (χ1n) is 10.1. The zero-order chi connectivity index (χ0) is 20.1. The van der Waals surface area contributed by atoms with Crippen LogP contribution in [0.3, 0.4) is 0 Å². The lowest BCUT2D eigenvalue weighted by Crippen LogP contribution is -2.38. The molecule has 0 aliphatic rings. The van der Waals surface area contributed by atoms with E-state index in [0.717, 1.165) is 32.2 Å². The van der Waals surface area contributed by atoms with Gasteiger partial charge in [-0.05, 0) is 25.7 Å². The summed E-state index contributed by atoms with van der Waals surface area (Å²) in [6.07, 6.45) is 3.86. The molecule has 1 unspecified atom stereocenters. The highest BCUT2D eigenvalue weighted by atomic mass is 16.2. The van der Waals surface area contributed by atoms with Crippen LogP contribution in [0.5, 0.6) is 0 Å². The molecule has 6 heteroatoms. The Morgan fingerprint density at radius 1 is 0.846 bits per heavy atom. The van der Waals surface area contributed by atoms with Crippen molar-refractivity contribution in [3.05, 3.63) is 0 Å². The van der Waals surface area contributed by atoms with Crippen molar-refractivity contribution in [3.63, 3.8) is 0 Å². The number of hydrogen-bond donors (Lipinski definition) is 0. The number of amides is 3. The molecule has 0 aromatic carbocycles. The molecule has 0 bridgehead atoms. The van der Waals surface area contributed by atoms with Crippen LogP contribution in [0.25, 0.3) is 0 Å². The Hall–Kier alpha value is -1.59. The second-order valence-electron chi connectivity index (χ2n) is 7.02. The normalized spacial score (nSPS) is 11.8. The van der Waals surface area contributed by atoms with Crippen LogP contribution in [-0.4, -0.2) is 72.2 Å². The maximum atomic E-state index is 12.1. The predicted molar refractivity (Wildman–Crippen MR) is 106 cm³/mol. The second-order valence-corrected chi connectivity index (χ2v) is 7.02. The number of rotatable bonds is 13. The lowest BCUT2D eigenvalue weighted by atomic mass is 10.1. The lowest BCUT2D eigenvalue weighted by molar-refractivity contribution is -0.134. The molecule has 3 amide bonds. The first-order valence-corrected chi connectivity index (χ1v) is 10.1. The van der Waals surface area contributed by atoms with Gasteiger partial charge in [-0.25, -0.2) is 0 Å².